The molecule has 8 atom stereocenters. The van der Waals surface area contributed by atoms with Gasteiger partial charge in [0, 0.05) is 26.8 Å². The van der Waals surface area contributed by atoms with Crippen molar-refractivity contribution in [3.63, 3.8) is 0 Å². The number of nitrogens with zero attached hydrogens (tertiary/aromatic N) is 2. The molecular formula is C32H55N3O5. The molecule has 1 aromatic carbocycles. The minimum absolute atomic E-state index is 0.00935. The summed E-state index contributed by atoms with van der Waals surface area (Å²) in [6.07, 6.45) is 2.11. The Balaban J connectivity index is 2.14. The van der Waals surface area contributed by atoms with E-state index in [2.05, 4.69) is 24.1 Å². The molecule has 1 saturated heterocycles. The molecule has 1 fully saturated rings. The summed E-state index contributed by atoms with van der Waals surface area (Å²) in [6.45, 7) is 12.9. The van der Waals surface area contributed by atoms with Gasteiger partial charge in [-0.05, 0) is 59.2 Å². The van der Waals surface area contributed by atoms with Crippen LogP contribution < -0.4 is 5.32 Å². The zero-order valence-electron chi connectivity index (χ0n) is 26.6. The van der Waals surface area contributed by atoms with Gasteiger partial charge in [0.25, 0.3) is 0 Å². The molecule has 1 N–H and O–H groups in total. The van der Waals surface area contributed by atoms with E-state index >= 15 is 0 Å². The van der Waals surface area contributed by atoms with Crippen LogP contribution in [0.5, 0.6) is 0 Å². The maximum atomic E-state index is 13.7. The zero-order chi connectivity index (χ0) is 30.0. The predicted octanol–water partition coefficient (Wildman–Crippen LogP) is 4.68. The number of hydrogen-bond acceptors (Lipinski definition) is 6. The van der Waals surface area contributed by atoms with E-state index in [0.717, 1.165) is 24.8 Å². The Hall–Kier alpha value is -2.00. The first-order valence-electron chi connectivity index (χ1n) is 15.0. The van der Waals surface area contributed by atoms with Gasteiger partial charge in [-0.25, -0.2) is 0 Å². The van der Waals surface area contributed by atoms with Crippen LogP contribution >= 0.6 is 0 Å². The van der Waals surface area contributed by atoms with Crippen LogP contribution in [0.15, 0.2) is 30.3 Å². The molecule has 0 radical (unpaired) electrons. The van der Waals surface area contributed by atoms with Crippen LogP contribution in [0.4, 0.5) is 0 Å². The third kappa shape index (κ3) is 9.00. The number of carbonyl (C=O) groups is 2. The Morgan fingerprint density at radius 1 is 1.05 bits per heavy atom. The first-order chi connectivity index (χ1) is 19.0. The number of rotatable bonds is 16. The molecule has 0 bridgehead atoms. The van der Waals surface area contributed by atoms with Crippen molar-refractivity contribution >= 4 is 11.8 Å². The molecule has 2 amide bonds. The fourth-order valence-corrected chi connectivity index (χ4v) is 6.22. The fourth-order valence-electron chi connectivity index (χ4n) is 6.22. The van der Waals surface area contributed by atoms with Gasteiger partial charge in [0.1, 0.15) is 6.10 Å². The lowest BCUT2D eigenvalue weighted by molar-refractivity contribution is -0.143. The minimum Gasteiger partial charge on any atom is -0.379 e. The first-order valence-corrected chi connectivity index (χ1v) is 15.0. The molecule has 8 unspecified atom stereocenters. The Bertz CT molecular complexity index is 896. The van der Waals surface area contributed by atoms with Crippen LogP contribution in [0, 0.1) is 11.8 Å². The number of methoxy groups -OCH3 is 2. The molecule has 1 heterocycles. The van der Waals surface area contributed by atoms with Crippen LogP contribution in [0.25, 0.3) is 0 Å². The highest BCUT2D eigenvalue weighted by Gasteiger charge is 2.41. The summed E-state index contributed by atoms with van der Waals surface area (Å²) in [5.74, 6) is -0.110. The topological polar surface area (TPSA) is 80.3 Å². The minimum atomic E-state index is -0.450. The summed E-state index contributed by atoms with van der Waals surface area (Å²) in [6, 6.07) is 9.70. The van der Waals surface area contributed by atoms with E-state index < -0.39 is 12.0 Å². The monoisotopic (exact) mass is 561 g/mol. The lowest BCUT2D eigenvalue weighted by Gasteiger charge is -2.38. The average Bonchev–Trinajstić information content (AvgIpc) is 3.41. The Morgan fingerprint density at radius 3 is 2.23 bits per heavy atom. The molecule has 0 saturated carbocycles. The van der Waals surface area contributed by atoms with Gasteiger partial charge < -0.3 is 29.3 Å². The Morgan fingerprint density at radius 2 is 1.70 bits per heavy atom. The van der Waals surface area contributed by atoms with Crippen LogP contribution in [0.2, 0.25) is 0 Å². The summed E-state index contributed by atoms with van der Waals surface area (Å²) >= 11 is 0. The highest BCUT2D eigenvalue weighted by atomic mass is 16.5. The van der Waals surface area contributed by atoms with Crippen molar-refractivity contribution in [2.24, 2.45) is 11.8 Å². The molecule has 228 valence electrons. The van der Waals surface area contributed by atoms with E-state index in [4.69, 9.17) is 14.2 Å². The molecule has 0 spiro atoms. The number of likely N-dealkylation sites (tertiary alicyclic amines) is 1. The van der Waals surface area contributed by atoms with E-state index in [9.17, 15) is 9.59 Å². The third-order valence-electron chi connectivity index (χ3n) is 8.43. The molecule has 40 heavy (non-hydrogen) atoms. The van der Waals surface area contributed by atoms with Crippen molar-refractivity contribution < 1.29 is 23.8 Å². The third-order valence-corrected chi connectivity index (χ3v) is 8.43. The van der Waals surface area contributed by atoms with E-state index in [0.29, 0.717) is 18.9 Å². The highest BCUT2D eigenvalue weighted by Crippen LogP contribution is 2.30. The normalized spacial score (nSPS) is 21.1. The molecule has 1 aliphatic rings. The van der Waals surface area contributed by atoms with Crippen LogP contribution in [0.3, 0.4) is 0 Å². The molecule has 8 nitrogen and oxygen atoms in total. The largest absolute Gasteiger partial charge is 0.379 e. The number of nitrogens with one attached hydrogen (secondary N) is 1. The van der Waals surface area contributed by atoms with Crippen molar-refractivity contribution in [1.82, 2.24) is 15.1 Å². The predicted molar refractivity (Wildman–Crippen MR) is 160 cm³/mol. The van der Waals surface area contributed by atoms with Gasteiger partial charge in [-0.2, -0.15) is 0 Å². The Labute approximate surface area is 243 Å². The van der Waals surface area contributed by atoms with Crippen molar-refractivity contribution in [3.8, 4) is 0 Å². The zero-order valence-corrected chi connectivity index (χ0v) is 26.6. The van der Waals surface area contributed by atoms with Crippen LogP contribution in [-0.2, 0) is 23.8 Å². The van der Waals surface area contributed by atoms with Crippen LogP contribution in [0.1, 0.15) is 78.9 Å². The fraction of sp³-hybridized carbons (Fsp3) is 0.750. The molecule has 0 aliphatic carbocycles. The second-order valence-electron chi connectivity index (χ2n) is 11.9. The standard InChI is InChI=1S/C32H55N3O5/c1-11-22(4)29(34(7)8)27(38-9)20-28(36)35-19-15-18-26(35)30(39-10)23(5)32(37)33-24(6)31(40-21(2)3)25-16-13-12-14-17-25/h12-14,16-17,21-24,26-27,29-31H,11,15,18-20H2,1-10H3,(H,33,37). The summed E-state index contributed by atoms with van der Waals surface area (Å²) in [5.41, 5.74) is 1.02. The van der Waals surface area contributed by atoms with Crippen molar-refractivity contribution in [2.45, 2.75) is 110 Å². The summed E-state index contributed by atoms with van der Waals surface area (Å²) in [5, 5.41) is 3.18. The molecule has 1 aliphatic heterocycles. The van der Waals surface area contributed by atoms with E-state index in [1.807, 2.05) is 77.0 Å². The maximum absolute atomic E-state index is 13.7. The number of carbonyl (C=O) groups excluding carboxylic acids is 2. The highest BCUT2D eigenvalue weighted by molar-refractivity contribution is 5.80. The summed E-state index contributed by atoms with van der Waals surface area (Å²) in [7, 11) is 7.41. The van der Waals surface area contributed by atoms with Gasteiger partial charge in [-0.15, -0.1) is 0 Å². The molecule has 1 aromatic rings. The van der Waals surface area contributed by atoms with E-state index in [1.54, 1.807) is 14.2 Å². The summed E-state index contributed by atoms with van der Waals surface area (Å²) in [4.78, 5) is 31.3. The molecular weight excluding hydrogens is 506 g/mol. The van der Waals surface area contributed by atoms with Crippen molar-refractivity contribution in [1.29, 1.82) is 0 Å². The van der Waals surface area contributed by atoms with Crippen molar-refractivity contribution in [2.75, 3.05) is 34.9 Å². The van der Waals surface area contributed by atoms with Crippen molar-refractivity contribution in [3.05, 3.63) is 35.9 Å². The quantitative estimate of drug-likeness (QED) is 0.316. The Kier molecular flexibility index (Phi) is 14.1. The smallest absolute Gasteiger partial charge is 0.225 e. The van der Waals surface area contributed by atoms with Crippen LogP contribution in [-0.4, -0.2) is 92.9 Å². The number of amides is 2. The van der Waals surface area contributed by atoms with Gasteiger partial charge in [-0.1, -0.05) is 57.5 Å². The molecule has 2 rings (SSSR count). The van der Waals surface area contributed by atoms with Gasteiger partial charge in [0.2, 0.25) is 11.8 Å². The number of likely N-dealkylation sites (N-methyl/N-ethyl adjacent to an activating group) is 1. The lowest BCUT2D eigenvalue weighted by Crippen LogP contribution is -2.52. The summed E-state index contributed by atoms with van der Waals surface area (Å²) < 4.78 is 18.0. The first kappa shape index (κ1) is 34.2. The average molecular weight is 562 g/mol. The molecule has 8 heteroatoms. The lowest BCUT2D eigenvalue weighted by atomic mass is 9.90. The van der Waals surface area contributed by atoms with Gasteiger partial charge >= 0.3 is 0 Å². The SMILES string of the molecule is CCC(C)C(C(CC(=O)N1CCCC1C(OC)C(C)C(=O)NC(C)C(OC(C)C)c1ccccc1)OC)N(C)C. The van der Waals surface area contributed by atoms with Gasteiger partial charge in [-0.3, -0.25) is 9.59 Å². The number of benzene rings is 1. The maximum Gasteiger partial charge on any atom is 0.225 e. The van der Waals surface area contributed by atoms with E-state index in [-0.39, 0.29) is 48.3 Å². The number of hydrogen-bond donors (Lipinski definition) is 1. The van der Waals surface area contributed by atoms with Gasteiger partial charge in [0.15, 0.2) is 0 Å². The second-order valence-corrected chi connectivity index (χ2v) is 11.9. The second kappa shape index (κ2) is 16.4. The number of ether oxygens (including phenoxy) is 3. The van der Waals surface area contributed by atoms with E-state index in [1.165, 1.54) is 0 Å². The van der Waals surface area contributed by atoms with Gasteiger partial charge in [0.05, 0.1) is 42.7 Å². The molecule has 0 aromatic heterocycles.